The largest absolute Gasteiger partial charge is 2.00 e. The Hall–Kier alpha value is 0.326. The number of thiol groups is 1. The van der Waals surface area contributed by atoms with E-state index < -0.39 is 5.97 Å². The molecule has 0 atom stereocenters. The van der Waals surface area contributed by atoms with Crippen LogP contribution in [-0.2, 0) is 21.6 Å². The van der Waals surface area contributed by atoms with Gasteiger partial charge in [-0.1, -0.05) is 0 Å². The van der Waals surface area contributed by atoms with E-state index >= 15 is 0 Å². The molecule has 0 aliphatic rings. The molecule has 0 unspecified atom stereocenters. The van der Waals surface area contributed by atoms with Crippen LogP contribution in [0.5, 0.6) is 0 Å². The maximum atomic E-state index is 9.29. The molecular weight excluding hydrogens is 147 g/mol. The Labute approximate surface area is 51.5 Å². The third-order valence-electron chi connectivity index (χ3n) is 0.135. The van der Waals surface area contributed by atoms with Crippen LogP contribution in [0, 0.1) is 0 Å². The van der Waals surface area contributed by atoms with E-state index in [9.17, 15) is 4.79 Å². The Kier molecular flexibility index (Phi) is 8.51. The smallest absolute Gasteiger partial charge is 0.481 e. The van der Waals surface area contributed by atoms with Gasteiger partial charge in [0.25, 0.3) is 0 Å². The third kappa shape index (κ3) is 8.85. The summed E-state index contributed by atoms with van der Waals surface area (Å²) in [5.41, 5.74) is 0. The summed E-state index contributed by atoms with van der Waals surface area (Å²) >= 11 is 3.42. The van der Waals surface area contributed by atoms with Gasteiger partial charge in [0.15, 0.2) is 0 Å². The number of carboxylic acid groups (broad SMARTS) is 1. The predicted octanol–water partition coefficient (Wildman–Crippen LogP) is -0.00170. The van der Waals surface area contributed by atoms with Crippen LogP contribution in [0.15, 0.2) is 0 Å². The van der Waals surface area contributed by atoms with E-state index in [0.717, 1.165) is 0 Å². The molecule has 37 valence electrons. The number of rotatable bonds is 1. The predicted molar refractivity (Wildman–Crippen MR) is 21.5 cm³/mol. The molecule has 0 saturated carbocycles. The van der Waals surface area contributed by atoms with E-state index in [4.69, 9.17) is 5.11 Å². The SMILES string of the molecule is O=C(O)CS.[Co+2]. The molecule has 4 heteroatoms. The minimum absolute atomic E-state index is 0. The summed E-state index contributed by atoms with van der Waals surface area (Å²) in [7, 11) is 0. The van der Waals surface area contributed by atoms with Gasteiger partial charge in [-0.05, 0) is 0 Å². The molecule has 0 spiro atoms. The van der Waals surface area contributed by atoms with Gasteiger partial charge in [-0.25, -0.2) is 0 Å². The van der Waals surface area contributed by atoms with Crippen LogP contribution in [0.25, 0.3) is 0 Å². The summed E-state index contributed by atoms with van der Waals surface area (Å²) in [6.45, 7) is 0. The van der Waals surface area contributed by atoms with Gasteiger partial charge in [0.1, 0.15) is 0 Å². The maximum absolute atomic E-state index is 9.29. The van der Waals surface area contributed by atoms with E-state index in [1.165, 1.54) is 0 Å². The monoisotopic (exact) mass is 151 g/mol. The Morgan fingerprint density at radius 1 is 1.83 bits per heavy atom. The van der Waals surface area contributed by atoms with Crippen molar-refractivity contribution in [3.63, 3.8) is 0 Å². The quantitative estimate of drug-likeness (QED) is 0.517. The Morgan fingerprint density at radius 2 is 2.00 bits per heavy atom. The molecule has 0 amide bonds. The number of carbonyl (C=O) groups is 1. The first-order valence-corrected chi connectivity index (χ1v) is 1.73. The Bertz CT molecular complexity index is 46.8. The van der Waals surface area contributed by atoms with Crippen molar-refractivity contribution in [2.45, 2.75) is 0 Å². The maximum Gasteiger partial charge on any atom is 2.00 e. The van der Waals surface area contributed by atoms with Gasteiger partial charge >= 0.3 is 22.7 Å². The summed E-state index contributed by atoms with van der Waals surface area (Å²) in [6, 6.07) is 0. The second-order valence-corrected chi connectivity index (χ2v) is 0.868. The van der Waals surface area contributed by atoms with Crippen LogP contribution in [-0.4, -0.2) is 16.8 Å². The fraction of sp³-hybridized carbons (Fsp3) is 0.500. The van der Waals surface area contributed by atoms with Gasteiger partial charge in [-0.3, -0.25) is 4.79 Å². The topological polar surface area (TPSA) is 37.3 Å². The normalized spacial score (nSPS) is 6.17. The van der Waals surface area contributed by atoms with Gasteiger partial charge < -0.3 is 5.11 Å². The van der Waals surface area contributed by atoms with Crippen molar-refractivity contribution < 1.29 is 26.7 Å². The van der Waals surface area contributed by atoms with Crippen LogP contribution in [0.3, 0.4) is 0 Å². The zero-order chi connectivity index (χ0) is 4.28. The average Bonchev–Trinajstić information content (AvgIpc) is 1.38. The Balaban J connectivity index is 0. The molecule has 0 aromatic rings. The molecule has 0 rings (SSSR count). The van der Waals surface area contributed by atoms with Crippen LogP contribution in [0.2, 0.25) is 0 Å². The molecule has 0 aliphatic carbocycles. The van der Waals surface area contributed by atoms with Gasteiger partial charge in [0.05, 0.1) is 5.75 Å². The third-order valence-corrected chi connectivity index (χ3v) is 0.406. The molecule has 0 heterocycles. The van der Waals surface area contributed by atoms with Crippen LogP contribution < -0.4 is 0 Å². The van der Waals surface area contributed by atoms with Crippen molar-refractivity contribution >= 4 is 18.6 Å². The van der Waals surface area contributed by atoms with Crippen LogP contribution in [0.4, 0.5) is 0 Å². The molecule has 0 saturated heterocycles. The number of hydrogen-bond acceptors (Lipinski definition) is 2. The number of carboxylic acids is 1. The molecule has 1 N–H and O–H groups in total. The van der Waals surface area contributed by atoms with Gasteiger partial charge in [-0.15, -0.1) is 0 Å². The average molecular weight is 151 g/mol. The fourth-order valence-electron chi connectivity index (χ4n) is 0. The van der Waals surface area contributed by atoms with Crippen molar-refractivity contribution in [2.24, 2.45) is 0 Å². The molecule has 0 aromatic carbocycles. The van der Waals surface area contributed by atoms with Gasteiger partial charge in [-0.2, -0.15) is 12.6 Å². The standard InChI is InChI=1S/C2H4O2S.Co/c3-2(4)1-5;/h5H,1H2,(H,3,4);/q;+2. The minimum atomic E-state index is -0.881. The first-order valence-electron chi connectivity index (χ1n) is 1.10. The fourth-order valence-corrected chi connectivity index (χ4v) is 0. The summed E-state index contributed by atoms with van der Waals surface area (Å²) in [6.07, 6.45) is 0. The molecule has 0 fully saturated rings. The van der Waals surface area contributed by atoms with E-state index in [1.807, 2.05) is 0 Å². The first-order chi connectivity index (χ1) is 2.27. The van der Waals surface area contributed by atoms with Crippen molar-refractivity contribution in [2.75, 3.05) is 5.75 Å². The number of hydrogen-bond donors (Lipinski definition) is 2. The minimum Gasteiger partial charge on any atom is -0.481 e. The van der Waals surface area contributed by atoms with Crippen LogP contribution >= 0.6 is 12.6 Å². The Morgan fingerprint density at radius 3 is 2.00 bits per heavy atom. The van der Waals surface area contributed by atoms with Crippen molar-refractivity contribution in [1.29, 1.82) is 0 Å². The van der Waals surface area contributed by atoms with Crippen molar-refractivity contribution in [3.8, 4) is 0 Å². The van der Waals surface area contributed by atoms with Crippen LogP contribution in [0.1, 0.15) is 0 Å². The molecule has 2 nitrogen and oxygen atoms in total. The van der Waals surface area contributed by atoms with E-state index in [2.05, 4.69) is 12.6 Å². The van der Waals surface area contributed by atoms with Crippen molar-refractivity contribution in [1.82, 2.24) is 0 Å². The zero-order valence-electron chi connectivity index (χ0n) is 2.84. The van der Waals surface area contributed by atoms with E-state index in [-0.39, 0.29) is 22.5 Å². The van der Waals surface area contributed by atoms with E-state index in [1.54, 1.807) is 0 Å². The van der Waals surface area contributed by atoms with Gasteiger partial charge in [0, 0.05) is 0 Å². The molecule has 1 radical (unpaired) electrons. The van der Waals surface area contributed by atoms with Gasteiger partial charge in [0.2, 0.25) is 0 Å². The van der Waals surface area contributed by atoms with E-state index in [0.29, 0.717) is 0 Å². The molecular formula is C2H4CoO2S+2. The molecule has 0 bridgehead atoms. The summed E-state index contributed by atoms with van der Waals surface area (Å²) < 4.78 is 0. The number of aliphatic carboxylic acids is 1. The molecule has 0 aliphatic heterocycles. The molecule has 6 heavy (non-hydrogen) atoms. The zero-order valence-corrected chi connectivity index (χ0v) is 4.78. The summed E-state index contributed by atoms with van der Waals surface area (Å²) in [4.78, 5) is 9.29. The second-order valence-electron chi connectivity index (χ2n) is 0.552. The second kappa shape index (κ2) is 5.33. The molecule has 0 aromatic heterocycles. The summed E-state index contributed by atoms with van der Waals surface area (Å²) in [5.74, 6) is -0.965. The first kappa shape index (κ1) is 9.59. The van der Waals surface area contributed by atoms with Crippen molar-refractivity contribution in [3.05, 3.63) is 0 Å². The summed E-state index contributed by atoms with van der Waals surface area (Å²) in [5, 5.41) is 7.65.